The Morgan fingerprint density at radius 3 is 2.19 bits per heavy atom. The molecule has 1 aromatic heterocycles. The number of aromatic nitrogens is 1. The summed E-state index contributed by atoms with van der Waals surface area (Å²) in [6, 6.07) is 21.6. The molecule has 8 heteroatoms. The summed E-state index contributed by atoms with van der Waals surface area (Å²) in [6.45, 7) is 3.97. The number of nitrogens with one attached hydrogen (secondary N) is 2. The van der Waals surface area contributed by atoms with E-state index >= 15 is 0 Å². The van der Waals surface area contributed by atoms with Gasteiger partial charge < -0.3 is 14.2 Å². The molecule has 0 bridgehead atoms. The number of para-hydroxylation sites is 1. The minimum atomic E-state index is -0.364. The molecule has 0 saturated carbocycles. The van der Waals surface area contributed by atoms with Crippen LogP contribution < -0.4 is 25.1 Å². The minimum Gasteiger partial charge on any atom is -0.493 e. The van der Waals surface area contributed by atoms with Crippen molar-refractivity contribution in [3.63, 3.8) is 0 Å². The highest BCUT2D eigenvalue weighted by molar-refractivity contribution is 6.07. The monoisotopic (exact) mass is 480 g/mol. The quantitative estimate of drug-likeness (QED) is 0.352. The van der Waals surface area contributed by atoms with Gasteiger partial charge >= 0.3 is 0 Å². The number of carbonyl (C=O) groups is 1. The summed E-state index contributed by atoms with van der Waals surface area (Å²) < 4.78 is 16.4. The Labute approximate surface area is 208 Å². The molecule has 0 radical (unpaired) electrons. The lowest BCUT2D eigenvalue weighted by atomic mass is 10.0. The van der Waals surface area contributed by atoms with Gasteiger partial charge in [0, 0.05) is 10.9 Å². The van der Waals surface area contributed by atoms with Gasteiger partial charge in [-0.3, -0.25) is 15.6 Å². The van der Waals surface area contributed by atoms with E-state index in [-0.39, 0.29) is 5.91 Å². The van der Waals surface area contributed by atoms with Crippen molar-refractivity contribution in [1.29, 1.82) is 5.26 Å². The molecule has 0 aliphatic rings. The molecular weight excluding hydrogens is 456 g/mol. The molecule has 0 atom stereocenters. The molecule has 0 aliphatic carbocycles. The molecule has 2 N–H and O–H groups in total. The number of amides is 1. The number of methoxy groups -OCH3 is 3. The minimum absolute atomic E-state index is 0.364. The first-order valence-electron chi connectivity index (χ1n) is 10.9. The van der Waals surface area contributed by atoms with Crippen LogP contribution in [0.5, 0.6) is 17.2 Å². The second kappa shape index (κ2) is 10.5. The second-order valence-electron chi connectivity index (χ2n) is 7.73. The molecule has 36 heavy (non-hydrogen) atoms. The number of benzene rings is 3. The summed E-state index contributed by atoms with van der Waals surface area (Å²) in [5.41, 5.74) is 9.66. The van der Waals surface area contributed by atoms with Crippen LogP contribution in [0.1, 0.15) is 21.5 Å². The molecule has 4 aromatic rings. The zero-order valence-electron chi connectivity index (χ0n) is 20.1. The summed E-state index contributed by atoms with van der Waals surface area (Å²) in [5.74, 6) is 1.06. The summed E-state index contributed by atoms with van der Waals surface area (Å²) in [5, 5.41) is 9.67. The van der Waals surface area contributed by atoms with Crippen molar-refractivity contribution in [1.82, 2.24) is 15.8 Å². The number of fused-ring (bicyclic) bond motifs is 1. The molecule has 1 heterocycles. The Kier molecular flexibility index (Phi) is 7.02. The maximum Gasteiger partial charge on any atom is 0.270 e. The van der Waals surface area contributed by atoms with Gasteiger partial charge in [-0.05, 0) is 42.0 Å². The van der Waals surface area contributed by atoms with Gasteiger partial charge in [-0.25, -0.2) is 4.98 Å². The third-order valence-electron chi connectivity index (χ3n) is 5.61. The summed E-state index contributed by atoms with van der Waals surface area (Å²) in [7, 11) is 4.62. The van der Waals surface area contributed by atoms with Gasteiger partial charge in [-0.15, -0.1) is 0 Å². The zero-order valence-corrected chi connectivity index (χ0v) is 20.1. The first-order chi connectivity index (χ1) is 17.5. The highest BCUT2D eigenvalue weighted by Gasteiger charge is 2.18. The van der Waals surface area contributed by atoms with E-state index in [4.69, 9.17) is 24.5 Å². The molecule has 0 saturated heterocycles. The van der Waals surface area contributed by atoms with Gasteiger partial charge in [0.2, 0.25) is 5.75 Å². The Hall–Kier alpha value is -5.03. The number of nitriles is 1. The molecule has 8 nitrogen and oxygen atoms in total. The van der Waals surface area contributed by atoms with Crippen molar-refractivity contribution in [2.75, 3.05) is 21.3 Å². The lowest BCUT2D eigenvalue weighted by Gasteiger charge is -2.16. The van der Waals surface area contributed by atoms with Crippen LogP contribution in [-0.2, 0) is 0 Å². The first-order valence-corrected chi connectivity index (χ1v) is 10.9. The highest BCUT2D eigenvalue weighted by atomic mass is 16.5. The molecule has 1 amide bonds. The van der Waals surface area contributed by atoms with Crippen LogP contribution in [0.4, 0.5) is 0 Å². The molecule has 180 valence electrons. The lowest BCUT2D eigenvalue weighted by Crippen LogP contribution is -2.36. The van der Waals surface area contributed by atoms with E-state index < -0.39 is 0 Å². The Balaban J connectivity index is 1.69. The van der Waals surface area contributed by atoms with E-state index in [9.17, 15) is 4.79 Å². The summed E-state index contributed by atoms with van der Waals surface area (Å²) >= 11 is 0. The number of hydrogen-bond donors (Lipinski definition) is 2. The average Bonchev–Trinajstić information content (AvgIpc) is 2.94. The van der Waals surface area contributed by atoms with E-state index in [0.717, 1.165) is 5.56 Å². The number of carbonyl (C=O) groups excluding carboxylic acids is 1. The molecule has 3 aromatic carbocycles. The van der Waals surface area contributed by atoms with Crippen molar-refractivity contribution < 1.29 is 19.0 Å². The molecule has 0 spiro atoms. The van der Waals surface area contributed by atoms with Crippen LogP contribution in [0.15, 0.2) is 73.3 Å². The standard InChI is InChI=1S/C28H24N4O4/c1-17(19-11-9-18(16-29)10-12-19)31-32-28(33)22-15-24(30-23-8-6-5-7-21(22)23)20-13-25(34-2)27(36-4)26(14-20)35-3/h5-15,31H,1H2,2-4H3,(H,32,33). The number of hydrazine groups is 1. The number of ether oxygens (including phenoxy) is 3. The number of pyridine rings is 1. The van der Waals surface area contributed by atoms with E-state index in [2.05, 4.69) is 23.5 Å². The van der Waals surface area contributed by atoms with Crippen LogP contribution >= 0.6 is 0 Å². The predicted octanol–water partition coefficient (Wildman–Crippen LogP) is 4.70. The van der Waals surface area contributed by atoms with Crippen LogP contribution in [0.25, 0.3) is 27.9 Å². The van der Waals surface area contributed by atoms with E-state index in [0.29, 0.717) is 56.2 Å². The van der Waals surface area contributed by atoms with Crippen LogP contribution in [0.3, 0.4) is 0 Å². The fourth-order valence-corrected chi connectivity index (χ4v) is 3.76. The maximum atomic E-state index is 13.3. The molecule has 0 unspecified atom stereocenters. The number of hydrogen-bond acceptors (Lipinski definition) is 7. The zero-order chi connectivity index (χ0) is 25.7. The third-order valence-corrected chi connectivity index (χ3v) is 5.61. The topological polar surface area (TPSA) is 106 Å². The van der Waals surface area contributed by atoms with E-state index in [1.165, 1.54) is 7.11 Å². The van der Waals surface area contributed by atoms with E-state index in [1.54, 1.807) is 56.7 Å². The van der Waals surface area contributed by atoms with Crippen molar-refractivity contribution in [3.8, 4) is 34.6 Å². The summed E-state index contributed by atoms with van der Waals surface area (Å²) in [4.78, 5) is 18.0. The van der Waals surface area contributed by atoms with Gasteiger partial charge in [-0.2, -0.15) is 5.26 Å². The van der Waals surface area contributed by atoms with Crippen molar-refractivity contribution in [2.24, 2.45) is 0 Å². The number of rotatable bonds is 8. The molecule has 4 rings (SSSR count). The average molecular weight is 481 g/mol. The van der Waals surface area contributed by atoms with Crippen molar-refractivity contribution >= 4 is 22.5 Å². The van der Waals surface area contributed by atoms with Gasteiger partial charge in [0.15, 0.2) is 11.5 Å². The van der Waals surface area contributed by atoms with Crippen LogP contribution in [0, 0.1) is 11.3 Å². The van der Waals surface area contributed by atoms with Crippen molar-refractivity contribution in [3.05, 3.63) is 90.0 Å². The fourth-order valence-electron chi connectivity index (χ4n) is 3.76. The van der Waals surface area contributed by atoms with Crippen LogP contribution in [0.2, 0.25) is 0 Å². The van der Waals surface area contributed by atoms with Gasteiger partial charge in [0.25, 0.3) is 5.91 Å². The normalized spacial score (nSPS) is 10.3. The van der Waals surface area contributed by atoms with E-state index in [1.807, 2.05) is 24.3 Å². The maximum absolute atomic E-state index is 13.3. The smallest absolute Gasteiger partial charge is 0.270 e. The summed E-state index contributed by atoms with van der Waals surface area (Å²) in [6.07, 6.45) is 0. The van der Waals surface area contributed by atoms with Gasteiger partial charge in [0.1, 0.15) is 0 Å². The number of nitrogens with zero attached hydrogens (tertiary/aromatic N) is 2. The first kappa shape index (κ1) is 24.1. The Bertz CT molecular complexity index is 1470. The SMILES string of the molecule is C=C(NNC(=O)c1cc(-c2cc(OC)c(OC)c(OC)c2)nc2ccccc12)c1ccc(C#N)cc1. The highest BCUT2D eigenvalue weighted by Crippen LogP contribution is 2.41. The largest absolute Gasteiger partial charge is 0.493 e. The van der Waals surface area contributed by atoms with Gasteiger partial charge in [-0.1, -0.05) is 36.9 Å². The molecular formula is C28H24N4O4. The molecule has 0 fully saturated rings. The lowest BCUT2D eigenvalue weighted by molar-refractivity contribution is 0.0944. The third kappa shape index (κ3) is 4.76. The molecule has 0 aliphatic heterocycles. The predicted molar refractivity (Wildman–Crippen MR) is 138 cm³/mol. The fraction of sp³-hybridized carbons (Fsp3) is 0.107. The van der Waals surface area contributed by atoms with Crippen molar-refractivity contribution in [2.45, 2.75) is 0 Å². The van der Waals surface area contributed by atoms with Crippen LogP contribution in [-0.4, -0.2) is 32.2 Å². The Morgan fingerprint density at radius 1 is 0.917 bits per heavy atom. The second-order valence-corrected chi connectivity index (χ2v) is 7.73. The Morgan fingerprint density at radius 2 is 1.58 bits per heavy atom. The van der Waals surface area contributed by atoms with Gasteiger partial charge in [0.05, 0.1) is 55.4 Å².